The van der Waals surface area contributed by atoms with Crippen LogP contribution in [0.5, 0.6) is 23.0 Å². The maximum atomic E-state index is 13.4. The number of phenols is 2. The highest BCUT2D eigenvalue weighted by molar-refractivity contribution is 5.44. The number of hydrogen-bond acceptors (Lipinski definition) is 5. The monoisotopic (exact) mass is 509 g/mol. The highest BCUT2D eigenvalue weighted by Crippen LogP contribution is 2.38. The minimum Gasteiger partial charge on any atom is -0.508 e. The number of fused-ring (bicyclic) bond motifs is 1. The van der Waals surface area contributed by atoms with E-state index in [4.69, 9.17) is 19.7 Å². The van der Waals surface area contributed by atoms with Crippen LogP contribution in [-0.2, 0) is 0 Å². The molecule has 5 rings (SSSR count). The number of aryl methyl sites for hydroxylation is 1. The molecular weight excluding hydrogens is 469 g/mol. The fraction of sp³-hybridized carbons (Fsp3) is 0.419. The molecule has 2 heterocycles. The Kier molecular flexibility index (Phi) is 10.6. The van der Waals surface area contributed by atoms with Gasteiger partial charge in [0.1, 0.15) is 23.9 Å². The van der Waals surface area contributed by atoms with E-state index >= 15 is 0 Å². The van der Waals surface area contributed by atoms with Crippen molar-refractivity contribution in [3.05, 3.63) is 83.7 Å². The van der Waals surface area contributed by atoms with Crippen molar-refractivity contribution in [1.82, 2.24) is 4.90 Å². The number of hydrogen-bond donors (Lipinski definition) is 2. The van der Waals surface area contributed by atoms with Gasteiger partial charge in [-0.1, -0.05) is 49.7 Å². The normalized spacial score (nSPS) is 19.3. The summed E-state index contributed by atoms with van der Waals surface area (Å²) in [5.74, 6) is 2.00. The van der Waals surface area contributed by atoms with Gasteiger partial charge in [0, 0.05) is 18.2 Å². The first-order valence-electron chi connectivity index (χ1n) is 13.1. The van der Waals surface area contributed by atoms with Crippen molar-refractivity contribution in [3.63, 3.8) is 0 Å². The molecule has 37 heavy (non-hydrogen) atoms. The molecule has 0 amide bonds. The number of para-hydroxylation sites is 1. The summed E-state index contributed by atoms with van der Waals surface area (Å²) in [5.41, 5.74) is 1.78. The number of aromatic hydroxyl groups is 2. The van der Waals surface area contributed by atoms with E-state index in [-0.39, 0.29) is 11.7 Å². The summed E-state index contributed by atoms with van der Waals surface area (Å²) in [7, 11) is 0. The van der Waals surface area contributed by atoms with Crippen LogP contribution in [0.4, 0.5) is 4.39 Å². The summed E-state index contributed by atoms with van der Waals surface area (Å²) in [6.45, 7) is 12.5. The molecule has 0 bridgehead atoms. The lowest BCUT2D eigenvalue weighted by molar-refractivity contribution is 0.169. The quantitative estimate of drug-likeness (QED) is 0.400. The fourth-order valence-electron chi connectivity index (χ4n) is 4.39. The maximum absolute atomic E-state index is 13.4. The number of nitrogens with zero attached hydrogens (tertiary/aromatic N) is 1. The lowest BCUT2D eigenvalue weighted by atomic mass is 9.94. The Hall–Kier alpha value is -3.25. The minimum atomic E-state index is -0.537. The second kappa shape index (κ2) is 13.9. The molecule has 2 aliphatic heterocycles. The maximum Gasteiger partial charge on any atom is 0.171 e. The summed E-state index contributed by atoms with van der Waals surface area (Å²) >= 11 is 0. The highest BCUT2D eigenvalue weighted by Gasteiger charge is 2.24. The van der Waals surface area contributed by atoms with Gasteiger partial charge in [-0.15, -0.1) is 0 Å². The molecule has 2 N–H and O–H groups in total. The van der Waals surface area contributed by atoms with Gasteiger partial charge < -0.3 is 19.7 Å². The molecule has 3 aromatic rings. The summed E-state index contributed by atoms with van der Waals surface area (Å²) in [6, 6.07) is 20.5. The molecule has 5 nitrogen and oxygen atoms in total. The average Bonchev–Trinajstić information content (AvgIpc) is 3.33. The van der Waals surface area contributed by atoms with Gasteiger partial charge in [0.2, 0.25) is 0 Å². The SMILES string of the molecule is CC1CCOc2ccc(O)c(F)c21.Cc1ccc(OCC(C)N2CCC(C)C2)cc1.Oc1ccccc1. The van der Waals surface area contributed by atoms with E-state index in [9.17, 15) is 4.39 Å². The van der Waals surface area contributed by atoms with Gasteiger partial charge in [0.05, 0.1) is 6.61 Å². The summed E-state index contributed by atoms with van der Waals surface area (Å²) in [5, 5.41) is 17.8. The van der Waals surface area contributed by atoms with Crippen LogP contribution in [0.15, 0.2) is 66.7 Å². The van der Waals surface area contributed by atoms with Crippen molar-refractivity contribution < 1.29 is 24.1 Å². The summed E-state index contributed by atoms with van der Waals surface area (Å²) in [6.07, 6.45) is 2.13. The largest absolute Gasteiger partial charge is 0.508 e. The average molecular weight is 510 g/mol. The van der Waals surface area contributed by atoms with E-state index in [2.05, 4.69) is 49.9 Å². The zero-order valence-corrected chi connectivity index (χ0v) is 22.4. The first-order valence-corrected chi connectivity index (χ1v) is 13.1. The van der Waals surface area contributed by atoms with Crippen LogP contribution in [0, 0.1) is 18.7 Å². The van der Waals surface area contributed by atoms with Crippen LogP contribution in [0.1, 0.15) is 50.7 Å². The summed E-state index contributed by atoms with van der Waals surface area (Å²) < 4.78 is 24.5. The Bertz CT molecular complexity index is 1090. The number of likely N-dealkylation sites (tertiary alicyclic amines) is 1. The van der Waals surface area contributed by atoms with Crippen molar-refractivity contribution in [2.75, 3.05) is 26.3 Å². The van der Waals surface area contributed by atoms with E-state index in [1.165, 1.54) is 31.1 Å². The Morgan fingerprint density at radius 1 is 1.00 bits per heavy atom. The second-order valence-electron chi connectivity index (χ2n) is 10.0. The number of halogens is 1. The van der Waals surface area contributed by atoms with Gasteiger partial charge in [0.15, 0.2) is 11.6 Å². The second-order valence-corrected chi connectivity index (χ2v) is 10.0. The van der Waals surface area contributed by atoms with Gasteiger partial charge in [-0.25, -0.2) is 4.39 Å². The van der Waals surface area contributed by atoms with Gasteiger partial charge >= 0.3 is 0 Å². The Morgan fingerprint density at radius 2 is 1.70 bits per heavy atom. The molecule has 3 unspecified atom stereocenters. The topological polar surface area (TPSA) is 62.2 Å². The number of benzene rings is 3. The van der Waals surface area contributed by atoms with Crippen LogP contribution in [0.3, 0.4) is 0 Å². The third kappa shape index (κ3) is 8.67. The van der Waals surface area contributed by atoms with E-state index in [1.54, 1.807) is 30.3 Å². The predicted molar refractivity (Wildman–Crippen MR) is 146 cm³/mol. The number of phenolic OH excluding ortho intramolecular Hbond substituents is 2. The number of rotatable bonds is 4. The predicted octanol–water partition coefficient (Wildman–Crippen LogP) is 6.91. The summed E-state index contributed by atoms with van der Waals surface area (Å²) in [4.78, 5) is 2.53. The standard InChI is InChI=1S/C15H23NO.C10H11FO2.C6H6O/c1-12-4-6-15(7-5-12)17-11-14(3)16-9-8-13(2)10-16;1-6-4-5-13-8-3-2-7(12)10(11)9(6)8;7-6-4-2-1-3-5-6/h4-7,13-14H,8-11H2,1-3H3;2-3,6,12H,4-5H2,1H3;1-5,7H. The lowest BCUT2D eigenvalue weighted by Crippen LogP contribution is -2.35. The van der Waals surface area contributed by atoms with Crippen molar-refractivity contribution >= 4 is 0 Å². The molecule has 2 aliphatic rings. The van der Waals surface area contributed by atoms with Crippen LogP contribution >= 0.6 is 0 Å². The van der Waals surface area contributed by atoms with Gasteiger partial charge in [-0.3, -0.25) is 4.90 Å². The molecule has 0 radical (unpaired) electrons. The number of ether oxygens (including phenoxy) is 2. The van der Waals surface area contributed by atoms with Crippen LogP contribution in [0.25, 0.3) is 0 Å². The lowest BCUT2D eigenvalue weighted by Gasteiger charge is -2.24. The van der Waals surface area contributed by atoms with Gasteiger partial charge in [-0.2, -0.15) is 0 Å². The highest BCUT2D eigenvalue weighted by atomic mass is 19.1. The Morgan fingerprint density at radius 3 is 2.30 bits per heavy atom. The molecule has 1 fully saturated rings. The van der Waals surface area contributed by atoms with Crippen LogP contribution in [-0.4, -0.2) is 47.5 Å². The zero-order chi connectivity index (χ0) is 26.8. The van der Waals surface area contributed by atoms with E-state index in [0.29, 0.717) is 29.7 Å². The van der Waals surface area contributed by atoms with Crippen molar-refractivity contribution in [2.24, 2.45) is 5.92 Å². The smallest absolute Gasteiger partial charge is 0.171 e. The molecule has 3 atom stereocenters. The third-order valence-electron chi connectivity index (χ3n) is 6.77. The molecule has 1 saturated heterocycles. The van der Waals surface area contributed by atoms with E-state index < -0.39 is 5.82 Å². The molecule has 0 spiro atoms. The van der Waals surface area contributed by atoms with Gasteiger partial charge in [-0.05, 0) is 81.5 Å². The van der Waals surface area contributed by atoms with Crippen molar-refractivity contribution in [1.29, 1.82) is 0 Å². The van der Waals surface area contributed by atoms with Gasteiger partial charge in [0.25, 0.3) is 0 Å². The first-order chi connectivity index (χ1) is 17.7. The van der Waals surface area contributed by atoms with E-state index in [0.717, 1.165) is 24.7 Å². The molecule has 200 valence electrons. The van der Waals surface area contributed by atoms with Crippen molar-refractivity contribution in [2.45, 2.75) is 52.5 Å². The van der Waals surface area contributed by atoms with Crippen molar-refractivity contribution in [3.8, 4) is 23.0 Å². The Labute approximate surface area is 220 Å². The molecular formula is C31H40FNO4. The fourth-order valence-corrected chi connectivity index (χ4v) is 4.39. The van der Waals surface area contributed by atoms with Crippen LogP contribution in [0.2, 0.25) is 0 Å². The van der Waals surface area contributed by atoms with Crippen LogP contribution < -0.4 is 9.47 Å². The molecule has 0 aromatic heterocycles. The Balaban J connectivity index is 0.000000167. The van der Waals surface area contributed by atoms with E-state index in [1.807, 2.05) is 13.0 Å². The third-order valence-corrected chi connectivity index (χ3v) is 6.77. The molecule has 6 heteroatoms. The first kappa shape index (κ1) is 28.3. The zero-order valence-electron chi connectivity index (χ0n) is 22.4. The molecule has 0 aliphatic carbocycles. The molecule has 3 aromatic carbocycles. The molecule has 0 saturated carbocycles. The minimum absolute atomic E-state index is 0.121.